The molecule has 0 aliphatic heterocycles. The van der Waals surface area contributed by atoms with E-state index in [0.29, 0.717) is 11.5 Å². The minimum absolute atomic E-state index is 0.159. The van der Waals surface area contributed by atoms with Gasteiger partial charge < -0.3 is 10.5 Å². The average molecular weight is 449 g/mol. The van der Waals surface area contributed by atoms with Crippen molar-refractivity contribution in [3.8, 4) is 5.95 Å². The normalized spacial score (nSPS) is 20.1. The van der Waals surface area contributed by atoms with Crippen molar-refractivity contribution in [1.82, 2.24) is 19.7 Å². The van der Waals surface area contributed by atoms with E-state index in [4.69, 9.17) is 10.5 Å². The van der Waals surface area contributed by atoms with Crippen LogP contribution in [-0.2, 0) is 10.3 Å². The van der Waals surface area contributed by atoms with Gasteiger partial charge in [-0.3, -0.25) is 4.90 Å². The van der Waals surface area contributed by atoms with Crippen LogP contribution in [-0.4, -0.2) is 43.4 Å². The number of ether oxygens (including phenoxy) is 1. The number of aromatic nitrogens is 4. The maximum Gasteiger partial charge on any atom is 0.416 e. The van der Waals surface area contributed by atoms with Crippen molar-refractivity contribution in [2.45, 2.75) is 89.3 Å². The van der Waals surface area contributed by atoms with Gasteiger partial charge in [0.1, 0.15) is 11.4 Å². The molecular weight excluding hydrogens is 418 g/mol. The summed E-state index contributed by atoms with van der Waals surface area (Å²) in [5, 5.41) is 4.52. The van der Waals surface area contributed by atoms with Crippen LogP contribution in [0, 0.1) is 6.92 Å². The van der Waals surface area contributed by atoms with Gasteiger partial charge in [0, 0.05) is 36.8 Å². The van der Waals surface area contributed by atoms with Crippen molar-refractivity contribution in [3.05, 3.63) is 29.7 Å². The van der Waals surface area contributed by atoms with E-state index in [1.807, 2.05) is 6.07 Å². The van der Waals surface area contributed by atoms with Gasteiger partial charge >= 0.3 is 6.09 Å². The molecule has 10 heteroatoms. The van der Waals surface area contributed by atoms with Crippen molar-refractivity contribution in [3.63, 3.8) is 0 Å². The molecule has 0 radical (unpaired) electrons. The van der Waals surface area contributed by atoms with Crippen LogP contribution in [0.3, 0.4) is 0 Å². The molecule has 0 bridgehead atoms. The number of carbonyl (C=O) groups excluding carboxylic acids is 1. The molecule has 0 aromatic carbocycles. The minimum atomic E-state index is -2.71. The van der Waals surface area contributed by atoms with Crippen LogP contribution in [0.25, 0.3) is 5.95 Å². The highest BCUT2D eigenvalue weighted by Crippen LogP contribution is 2.41. The summed E-state index contributed by atoms with van der Waals surface area (Å²) in [4.78, 5) is 23.6. The number of halogens is 2. The van der Waals surface area contributed by atoms with E-state index < -0.39 is 29.2 Å². The Kier molecular flexibility index (Phi) is 5.47. The quantitative estimate of drug-likeness (QED) is 0.751. The number of nitrogens with two attached hydrogens (primary N) is 1. The van der Waals surface area contributed by atoms with Crippen LogP contribution >= 0.6 is 0 Å². The van der Waals surface area contributed by atoms with Crippen molar-refractivity contribution in [1.29, 1.82) is 0 Å². The first-order chi connectivity index (χ1) is 14.9. The van der Waals surface area contributed by atoms with Gasteiger partial charge in [-0.05, 0) is 59.4 Å². The number of carbonyl (C=O) groups is 1. The van der Waals surface area contributed by atoms with Crippen molar-refractivity contribution < 1.29 is 18.3 Å². The van der Waals surface area contributed by atoms with E-state index >= 15 is 0 Å². The first-order valence-electron chi connectivity index (χ1n) is 11.0. The largest absolute Gasteiger partial charge is 0.443 e. The van der Waals surface area contributed by atoms with Gasteiger partial charge in [0.15, 0.2) is 0 Å². The van der Waals surface area contributed by atoms with Gasteiger partial charge in [-0.2, -0.15) is 10.1 Å². The second-order valence-electron chi connectivity index (χ2n) is 9.91. The molecule has 2 heterocycles. The molecule has 4 rings (SSSR count). The van der Waals surface area contributed by atoms with E-state index in [0.717, 1.165) is 18.5 Å². The minimum Gasteiger partial charge on any atom is -0.443 e. The lowest BCUT2D eigenvalue weighted by molar-refractivity contribution is -0.0388. The molecule has 2 aromatic heterocycles. The van der Waals surface area contributed by atoms with E-state index in [2.05, 4.69) is 15.1 Å². The maximum absolute atomic E-state index is 13.8. The van der Waals surface area contributed by atoms with Crippen molar-refractivity contribution in [2.75, 3.05) is 4.90 Å². The standard InChI is InChI=1S/C22H30F2N6O2/c1-14-13-17(27-18(26-14)29-12-7-16(28-29)21(25)10-11-21)30(19(31)32-20(2,3)4)15-5-8-22(23,24)9-6-15/h7,12-13,15H,5-6,8-11,25H2,1-4H3. The molecule has 0 atom stereocenters. The Balaban J connectivity index is 1.68. The molecule has 0 unspecified atom stereocenters. The lowest BCUT2D eigenvalue weighted by Crippen LogP contribution is -2.47. The SMILES string of the molecule is Cc1cc(N(C(=O)OC(C)(C)C)C2CCC(F)(F)CC2)nc(-n2ccc(C3(N)CC3)n2)n1. The molecule has 8 nitrogen and oxygen atoms in total. The van der Waals surface area contributed by atoms with Crippen LogP contribution in [0.4, 0.5) is 19.4 Å². The van der Waals surface area contributed by atoms with Crippen LogP contribution in [0.5, 0.6) is 0 Å². The Morgan fingerprint density at radius 1 is 1.22 bits per heavy atom. The number of nitrogens with zero attached hydrogens (tertiary/aromatic N) is 5. The molecular formula is C22H30F2N6O2. The number of aryl methyl sites for hydroxylation is 1. The van der Waals surface area contributed by atoms with E-state index in [1.54, 1.807) is 40.0 Å². The predicted molar refractivity (Wildman–Crippen MR) is 115 cm³/mol. The third-order valence-electron chi connectivity index (χ3n) is 5.81. The van der Waals surface area contributed by atoms with Gasteiger partial charge in [-0.15, -0.1) is 0 Å². The molecule has 0 saturated heterocycles. The topological polar surface area (TPSA) is 99.2 Å². The summed E-state index contributed by atoms with van der Waals surface area (Å²) in [6, 6.07) is 3.06. The summed E-state index contributed by atoms with van der Waals surface area (Å²) in [6.45, 7) is 7.08. The highest BCUT2D eigenvalue weighted by molar-refractivity contribution is 5.87. The zero-order valence-corrected chi connectivity index (χ0v) is 18.9. The van der Waals surface area contributed by atoms with Crippen molar-refractivity contribution in [2.24, 2.45) is 5.73 Å². The summed E-state index contributed by atoms with van der Waals surface area (Å²) >= 11 is 0. The number of rotatable bonds is 4. The van der Waals surface area contributed by atoms with Gasteiger partial charge in [-0.25, -0.2) is 23.2 Å². The van der Waals surface area contributed by atoms with Crippen LogP contribution < -0.4 is 10.6 Å². The summed E-state index contributed by atoms with van der Waals surface area (Å²) in [7, 11) is 0. The zero-order chi connectivity index (χ0) is 23.3. The second-order valence-corrected chi connectivity index (χ2v) is 9.91. The summed E-state index contributed by atoms with van der Waals surface area (Å²) in [5.41, 5.74) is 6.48. The fraction of sp³-hybridized carbons (Fsp3) is 0.636. The molecule has 32 heavy (non-hydrogen) atoms. The molecule has 2 saturated carbocycles. The molecule has 1 amide bonds. The van der Waals surface area contributed by atoms with Crippen LogP contribution in [0.2, 0.25) is 0 Å². The maximum atomic E-state index is 13.8. The lowest BCUT2D eigenvalue weighted by atomic mass is 9.91. The second kappa shape index (κ2) is 7.75. The Morgan fingerprint density at radius 2 is 1.88 bits per heavy atom. The fourth-order valence-corrected chi connectivity index (χ4v) is 3.88. The van der Waals surface area contributed by atoms with Gasteiger partial charge in [-0.1, -0.05) is 0 Å². The third kappa shape index (κ3) is 4.90. The monoisotopic (exact) mass is 448 g/mol. The zero-order valence-electron chi connectivity index (χ0n) is 18.9. The molecule has 2 aromatic rings. The number of hydrogen-bond acceptors (Lipinski definition) is 6. The van der Waals surface area contributed by atoms with Crippen molar-refractivity contribution >= 4 is 11.9 Å². The Labute approximate surface area is 186 Å². The molecule has 2 N–H and O–H groups in total. The summed E-state index contributed by atoms with van der Waals surface area (Å²) in [5.74, 6) is -2.12. The molecule has 174 valence electrons. The first-order valence-corrected chi connectivity index (χ1v) is 11.0. The molecule has 0 spiro atoms. The highest BCUT2D eigenvalue weighted by Gasteiger charge is 2.43. The van der Waals surface area contributed by atoms with Crippen LogP contribution in [0.15, 0.2) is 18.3 Å². The molecule has 2 fully saturated rings. The van der Waals surface area contributed by atoms with E-state index in [-0.39, 0.29) is 31.6 Å². The average Bonchev–Trinajstić information content (AvgIpc) is 3.22. The van der Waals surface area contributed by atoms with Gasteiger partial charge in [0.25, 0.3) is 5.95 Å². The number of hydrogen-bond donors (Lipinski definition) is 1. The van der Waals surface area contributed by atoms with Gasteiger partial charge in [0.05, 0.1) is 11.2 Å². The number of amides is 1. The Morgan fingerprint density at radius 3 is 2.47 bits per heavy atom. The van der Waals surface area contributed by atoms with E-state index in [9.17, 15) is 13.6 Å². The van der Waals surface area contributed by atoms with Crippen LogP contribution in [0.1, 0.15) is 70.7 Å². The number of alkyl halides is 2. The summed E-state index contributed by atoms with van der Waals surface area (Å²) < 4.78 is 34.7. The highest BCUT2D eigenvalue weighted by atomic mass is 19.3. The fourth-order valence-electron chi connectivity index (χ4n) is 3.88. The van der Waals surface area contributed by atoms with Gasteiger partial charge in [0.2, 0.25) is 5.92 Å². The number of anilines is 1. The summed E-state index contributed by atoms with van der Waals surface area (Å²) in [6.07, 6.45) is 2.63. The smallest absolute Gasteiger partial charge is 0.416 e. The molecule has 2 aliphatic carbocycles. The predicted octanol–water partition coefficient (Wildman–Crippen LogP) is 4.24. The van der Waals surface area contributed by atoms with E-state index in [1.165, 1.54) is 9.58 Å². The third-order valence-corrected chi connectivity index (χ3v) is 5.81. The first kappa shape index (κ1) is 22.6. The molecule has 2 aliphatic rings. The Hall–Kier alpha value is -2.62. The lowest BCUT2D eigenvalue weighted by Gasteiger charge is -2.37. The Bertz CT molecular complexity index is 1000.